The van der Waals surface area contributed by atoms with Crippen molar-refractivity contribution in [3.8, 4) is 0 Å². The highest BCUT2D eigenvalue weighted by atomic mass is 15.0. The van der Waals surface area contributed by atoms with Crippen LogP contribution in [-0.4, -0.2) is 12.1 Å². The molecule has 1 heteroatoms. The SMILES string of the molecule is C1CCC(C2C3CCCCC3NC2C2CCC(C3CCC4C(C3)C(C3CCC5CCCCC5C3)C3CCCCC3C4C3CCC4CCCCC4C3)CC2)CC1. The lowest BCUT2D eigenvalue weighted by molar-refractivity contribution is -0.134. The van der Waals surface area contributed by atoms with E-state index in [4.69, 9.17) is 0 Å². The lowest BCUT2D eigenvalue weighted by Crippen LogP contribution is -2.55. The molecule has 11 rings (SSSR count). The van der Waals surface area contributed by atoms with Crippen molar-refractivity contribution in [1.82, 2.24) is 5.32 Å². The molecule has 1 saturated heterocycles. The molecular formula is C54H89N. The van der Waals surface area contributed by atoms with Crippen LogP contribution in [0.25, 0.3) is 0 Å². The average Bonchev–Trinajstić information content (AvgIpc) is 3.65. The maximum absolute atomic E-state index is 4.48. The molecule has 0 spiro atoms. The summed E-state index contributed by atoms with van der Waals surface area (Å²) in [5.41, 5.74) is 0. The van der Waals surface area contributed by atoms with E-state index in [0.29, 0.717) is 0 Å². The molecule has 0 bridgehead atoms. The molecule has 17 atom stereocenters. The van der Waals surface area contributed by atoms with Gasteiger partial charge < -0.3 is 5.32 Å². The smallest absolute Gasteiger partial charge is 0.0132 e. The Balaban J connectivity index is 0.826. The molecule has 1 N–H and O–H groups in total. The zero-order chi connectivity index (χ0) is 36.3. The van der Waals surface area contributed by atoms with Crippen molar-refractivity contribution in [3.05, 3.63) is 0 Å². The highest BCUT2D eigenvalue weighted by Crippen LogP contribution is 2.65. The lowest BCUT2D eigenvalue weighted by atomic mass is 9.43. The number of rotatable bonds is 5. The van der Waals surface area contributed by atoms with Crippen LogP contribution < -0.4 is 5.32 Å². The van der Waals surface area contributed by atoms with E-state index in [-0.39, 0.29) is 0 Å². The highest BCUT2D eigenvalue weighted by molar-refractivity contribution is 5.08. The second-order valence-corrected chi connectivity index (χ2v) is 24.3. The fourth-order valence-electron chi connectivity index (χ4n) is 20.3. The van der Waals surface area contributed by atoms with Crippen LogP contribution in [0.3, 0.4) is 0 Å². The van der Waals surface area contributed by atoms with Crippen LogP contribution in [0.5, 0.6) is 0 Å². The molecule has 1 heterocycles. The third kappa shape index (κ3) is 7.33. The molecule has 10 aliphatic carbocycles. The van der Waals surface area contributed by atoms with Crippen LogP contribution >= 0.6 is 0 Å². The van der Waals surface area contributed by atoms with Gasteiger partial charge in [-0.1, -0.05) is 109 Å². The van der Waals surface area contributed by atoms with Crippen molar-refractivity contribution in [3.63, 3.8) is 0 Å². The second kappa shape index (κ2) is 16.8. The Morgan fingerprint density at radius 1 is 0.218 bits per heavy atom. The first-order valence-corrected chi connectivity index (χ1v) is 27.0. The Hall–Kier alpha value is -0.0400. The number of hydrogen-bond acceptors (Lipinski definition) is 1. The Kier molecular flexibility index (Phi) is 11.6. The summed E-state index contributed by atoms with van der Waals surface area (Å²) in [4.78, 5) is 0. The molecule has 17 unspecified atom stereocenters. The van der Waals surface area contributed by atoms with Crippen molar-refractivity contribution >= 4 is 0 Å². The average molecular weight is 752 g/mol. The van der Waals surface area contributed by atoms with Gasteiger partial charge in [-0.25, -0.2) is 0 Å². The number of hydrogen-bond donors (Lipinski definition) is 1. The predicted octanol–water partition coefficient (Wildman–Crippen LogP) is 14.8. The fourth-order valence-corrected chi connectivity index (χ4v) is 20.3. The molecule has 11 aliphatic rings. The van der Waals surface area contributed by atoms with Gasteiger partial charge in [-0.2, -0.15) is 0 Å². The van der Waals surface area contributed by atoms with Crippen LogP contribution in [0.4, 0.5) is 0 Å². The van der Waals surface area contributed by atoms with Gasteiger partial charge in [-0.3, -0.25) is 0 Å². The summed E-state index contributed by atoms with van der Waals surface area (Å²) in [6.45, 7) is 0. The molecule has 0 amide bonds. The molecule has 0 aromatic rings. The molecule has 55 heavy (non-hydrogen) atoms. The zero-order valence-electron chi connectivity index (χ0n) is 36.1. The van der Waals surface area contributed by atoms with Gasteiger partial charge in [0.25, 0.3) is 0 Å². The van der Waals surface area contributed by atoms with Gasteiger partial charge in [-0.15, -0.1) is 0 Å². The topological polar surface area (TPSA) is 12.0 Å². The molecule has 310 valence electrons. The molecule has 0 aromatic carbocycles. The van der Waals surface area contributed by atoms with Crippen molar-refractivity contribution in [2.45, 2.75) is 230 Å². The van der Waals surface area contributed by atoms with Gasteiger partial charge >= 0.3 is 0 Å². The summed E-state index contributed by atoms with van der Waals surface area (Å²) in [6, 6.07) is 1.77. The quantitative estimate of drug-likeness (QED) is 0.295. The highest BCUT2D eigenvalue weighted by Gasteiger charge is 2.58. The Bertz CT molecular complexity index is 1240. The minimum absolute atomic E-state index is 0.883. The van der Waals surface area contributed by atoms with Crippen LogP contribution in [0.15, 0.2) is 0 Å². The number of fused-ring (bicyclic) bond motifs is 5. The minimum atomic E-state index is 0.883. The van der Waals surface area contributed by atoms with E-state index >= 15 is 0 Å². The van der Waals surface area contributed by atoms with Gasteiger partial charge in [0.2, 0.25) is 0 Å². The summed E-state index contributed by atoms with van der Waals surface area (Å²) in [6.07, 6.45) is 54.2. The van der Waals surface area contributed by atoms with Crippen LogP contribution in [0.1, 0.15) is 218 Å². The Morgan fingerprint density at radius 3 is 1.25 bits per heavy atom. The summed E-state index contributed by atoms with van der Waals surface area (Å²) in [5.74, 6) is 19.7. The first-order chi connectivity index (χ1) is 27.3. The summed E-state index contributed by atoms with van der Waals surface area (Å²) >= 11 is 0. The molecule has 0 radical (unpaired) electrons. The van der Waals surface area contributed by atoms with Crippen molar-refractivity contribution < 1.29 is 0 Å². The Labute approximate surface area is 341 Å². The van der Waals surface area contributed by atoms with Gasteiger partial charge in [0.1, 0.15) is 0 Å². The maximum Gasteiger partial charge on any atom is 0.0132 e. The van der Waals surface area contributed by atoms with E-state index in [1.807, 2.05) is 0 Å². The normalized spacial score (nSPS) is 53.6. The van der Waals surface area contributed by atoms with Crippen molar-refractivity contribution in [2.24, 2.45) is 107 Å². The monoisotopic (exact) mass is 752 g/mol. The van der Waals surface area contributed by atoms with Gasteiger partial charge in [0, 0.05) is 12.1 Å². The fraction of sp³-hybridized carbons (Fsp3) is 1.00. The summed E-state index contributed by atoms with van der Waals surface area (Å²) in [7, 11) is 0. The molecule has 1 aliphatic heterocycles. The minimum Gasteiger partial charge on any atom is -0.310 e. The molecular weight excluding hydrogens is 663 g/mol. The molecule has 11 fully saturated rings. The first-order valence-electron chi connectivity index (χ1n) is 27.0. The zero-order valence-corrected chi connectivity index (χ0v) is 36.1. The van der Waals surface area contributed by atoms with E-state index in [9.17, 15) is 0 Å². The summed E-state index contributed by atoms with van der Waals surface area (Å²) in [5, 5.41) is 4.48. The second-order valence-electron chi connectivity index (χ2n) is 24.3. The van der Waals surface area contributed by atoms with Gasteiger partial charge in [-0.05, 0) is 216 Å². The first kappa shape index (κ1) is 37.9. The lowest BCUT2D eigenvalue weighted by Gasteiger charge is -2.62. The molecule has 10 saturated carbocycles. The van der Waals surface area contributed by atoms with E-state index < -0.39 is 0 Å². The van der Waals surface area contributed by atoms with Gasteiger partial charge in [0.05, 0.1) is 0 Å². The molecule has 0 aromatic heterocycles. The van der Waals surface area contributed by atoms with Crippen molar-refractivity contribution in [2.75, 3.05) is 0 Å². The third-order valence-electron chi connectivity index (χ3n) is 22.4. The van der Waals surface area contributed by atoms with E-state index in [1.165, 1.54) is 38.5 Å². The third-order valence-corrected chi connectivity index (χ3v) is 22.4. The summed E-state index contributed by atoms with van der Waals surface area (Å²) < 4.78 is 0. The van der Waals surface area contributed by atoms with Crippen LogP contribution in [0.2, 0.25) is 0 Å². The van der Waals surface area contributed by atoms with Gasteiger partial charge in [0.15, 0.2) is 0 Å². The largest absolute Gasteiger partial charge is 0.310 e. The van der Waals surface area contributed by atoms with Crippen LogP contribution in [-0.2, 0) is 0 Å². The maximum atomic E-state index is 4.48. The predicted molar refractivity (Wildman–Crippen MR) is 231 cm³/mol. The number of nitrogens with one attached hydrogen (secondary N) is 1. The van der Waals surface area contributed by atoms with E-state index in [0.717, 1.165) is 119 Å². The van der Waals surface area contributed by atoms with Crippen LogP contribution in [0, 0.1) is 107 Å². The molecule has 1 nitrogen and oxygen atoms in total. The van der Waals surface area contributed by atoms with Crippen molar-refractivity contribution in [1.29, 1.82) is 0 Å². The standard InChI is InChI=1S/C54H89N/c1-2-14-38(15-3-1)53-48-20-10-11-21-50(48)55-54(53)39-26-22-37(23-27-39)42-30-31-47-49(34-42)52(44-29-25-36-13-5-7-17-41(36)33-44)46-19-9-8-18-45(46)51(47)43-28-24-35-12-4-6-16-40(35)32-43/h35-55H,1-34H2. The Morgan fingerprint density at radius 2 is 0.618 bits per heavy atom. The van der Waals surface area contributed by atoms with E-state index in [2.05, 4.69) is 5.32 Å². The van der Waals surface area contributed by atoms with E-state index in [1.54, 1.807) is 180 Å².